The van der Waals surface area contributed by atoms with Gasteiger partial charge < -0.3 is 28.4 Å². The second-order valence-electron chi connectivity index (χ2n) is 9.28. The summed E-state index contributed by atoms with van der Waals surface area (Å²) in [4.78, 5) is 70.6. The number of hydrogen-bond acceptors (Lipinski definition) is 12. The van der Waals surface area contributed by atoms with E-state index in [1.165, 1.54) is 34.6 Å². The number of rotatable bonds is 19. The van der Waals surface area contributed by atoms with Gasteiger partial charge in [0, 0.05) is 17.6 Å². The molecule has 0 rings (SSSR count). The average Bonchev–Trinajstić information content (AvgIpc) is 2.84. The minimum absolute atomic E-state index is 0.137. The van der Waals surface area contributed by atoms with E-state index in [0.29, 0.717) is 0 Å². The molecule has 0 saturated heterocycles. The summed E-state index contributed by atoms with van der Waals surface area (Å²) in [5.74, 6) is -3.79. The lowest BCUT2D eigenvalue weighted by Crippen LogP contribution is -2.44. The molecule has 0 aliphatic rings. The molecule has 0 spiro atoms. The van der Waals surface area contributed by atoms with Crippen molar-refractivity contribution in [3.05, 3.63) is 24.3 Å². The molecule has 0 aromatic rings. The van der Waals surface area contributed by atoms with Crippen LogP contribution in [0.25, 0.3) is 0 Å². The Morgan fingerprint density at radius 2 is 1.03 bits per heavy atom. The molecule has 2 radical (unpaired) electrons. The van der Waals surface area contributed by atoms with E-state index in [2.05, 4.69) is 13.2 Å². The predicted molar refractivity (Wildman–Crippen MR) is 137 cm³/mol. The molecular weight excluding hydrogens is 515 g/mol. The maximum absolute atomic E-state index is 12.5. The lowest BCUT2D eigenvalue weighted by atomic mass is 9.84. The fourth-order valence-electron chi connectivity index (χ4n) is 2.44. The standard InChI is InChI=1S/C26H37BO12/c1-17(2)23(32)36-14-12-34-20(29)9-8-19(28)25(5,6)38-16-26(7,27)39-22(31)11-10-21(30)35-13-15-37-24(33)18(3)4/h1,3,8-16H2,2,4-7H3. The van der Waals surface area contributed by atoms with Crippen molar-refractivity contribution in [3.8, 4) is 0 Å². The van der Waals surface area contributed by atoms with Crippen LogP contribution < -0.4 is 0 Å². The van der Waals surface area contributed by atoms with Crippen molar-refractivity contribution in [2.45, 2.75) is 71.4 Å². The third-order valence-electron chi connectivity index (χ3n) is 4.68. The maximum Gasteiger partial charge on any atom is 0.333 e. The average molecular weight is 552 g/mol. The third kappa shape index (κ3) is 16.9. The first-order chi connectivity index (χ1) is 18.0. The Bertz CT molecular complexity index is 935. The van der Waals surface area contributed by atoms with E-state index in [1.807, 2.05) is 0 Å². The molecule has 1 atom stereocenters. The summed E-state index contributed by atoms with van der Waals surface area (Å²) in [6.45, 7) is 13.1. The highest BCUT2D eigenvalue weighted by Crippen LogP contribution is 2.19. The summed E-state index contributed by atoms with van der Waals surface area (Å²) < 4.78 is 30.0. The van der Waals surface area contributed by atoms with Crippen LogP contribution in [-0.4, -0.2) is 87.6 Å². The summed E-state index contributed by atoms with van der Waals surface area (Å²) in [7, 11) is 5.95. The maximum atomic E-state index is 12.5. The minimum atomic E-state index is -1.62. The Morgan fingerprint density at radius 1 is 0.641 bits per heavy atom. The Labute approximate surface area is 229 Å². The first kappa shape index (κ1) is 35.5. The van der Waals surface area contributed by atoms with Gasteiger partial charge in [0.15, 0.2) is 5.78 Å². The monoisotopic (exact) mass is 552 g/mol. The minimum Gasteiger partial charge on any atom is -0.468 e. The molecule has 0 saturated carbocycles. The van der Waals surface area contributed by atoms with Crippen LogP contribution in [0.2, 0.25) is 0 Å². The Kier molecular flexibility index (Phi) is 15.6. The van der Waals surface area contributed by atoms with E-state index in [4.69, 9.17) is 36.3 Å². The molecule has 12 nitrogen and oxygen atoms in total. The van der Waals surface area contributed by atoms with Gasteiger partial charge in [0.25, 0.3) is 0 Å². The number of ether oxygens (including phenoxy) is 6. The van der Waals surface area contributed by atoms with Crippen molar-refractivity contribution in [2.75, 3.05) is 33.0 Å². The van der Waals surface area contributed by atoms with Crippen molar-refractivity contribution in [3.63, 3.8) is 0 Å². The molecule has 0 aromatic heterocycles. The van der Waals surface area contributed by atoms with Gasteiger partial charge in [-0.2, -0.15) is 0 Å². The smallest absolute Gasteiger partial charge is 0.333 e. The van der Waals surface area contributed by atoms with E-state index >= 15 is 0 Å². The molecule has 0 aliphatic carbocycles. The lowest BCUT2D eigenvalue weighted by Gasteiger charge is -2.31. The Morgan fingerprint density at radius 3 is 1.46 bits per heavy atom. The first-order valence-electron chi connectivity index (χ1n) is 12.1. The van der Waals surface area contributed by atoms with E-state index in [-0.39, 0.29) is 69.9 Å². The highest BCUT2D eigenvalue weighted by molar-refractivity contribution is 6.15. The molecule has 216 valence electrons. The summed E-state index contributed by atoms with van der Waals surface area (Å²) >= 11 is 0. The van der Waals surface area contributed by atoms with Gasteiger partial charge in [-0.1, -0.05) is 13.2 Å². The number of ketones is 1. The van der Waals surface area contributed by atoms with Gasteiger partial charge in [0.2, 0.25) is 0 Å². The molecule has 39 heavy (non-hydrogen) atoms. The zero-order chi connectivity index (χ0) is 30.2. The lowest BCUT2D eigenvalue weighted by molar-refractivity contribution is -0.165. The van der Waals surface area contributed by atoms with E-state index in [0.717, 1.165) is 0 Å². The Hall–Kier alpha value is -3.48. The first-order valence-corrected chi connectivity index (χ1v) is 12.1. The highest BCUT2D eigenvalue weighted by atomic mass is 16.6. The normalized spacial score (nSPS) is 12.3. The van der Waals surface area contributed by atoms with Gasteiger partial charge in [-0.15, -0.1) is 0 Å². The van der Waals surface area contributed by atoms with Gasteiger partial charge in [0.1, 0.15) is 39.9 Å². The fourth-order valence-corrected chi connectivity index (χ4v) is 2.44. The van der Waals surface area contributed by atoms with E-state index in [9.17, 15) is 28.8 Å². The van der Waals surface area contributed by atoms with Crippen molar-refractivity contribution >= 4 is 43.5 Å². The SMILES string of the molecule is [B]C(C)(COC(C)(C)C(=O)CCC(=O)OCCOC(=O)C(=C)C)OC(=O)CCC(=O)OCCOC(=O)C(=C)C. The number of esters is 5. The van der Waals surface area contributed by atoms with Crippen molar-refractivity contribution in [1.29, 1.82) is 0 Å². The molecule has 0 heterocycles. The molecule has 13 heteroatoms. The third-order valence-corrected chi connectivity index (χ3v) is 4.68. The molecule has 0 aromatic carbocycles. The predicted octanol–water partition coefficient (Wildman–Crippen LogP) is 1.66. The number of Topliss-reactive ketones (excluding diaryl/α,β-unsaturated/α-hetero) is 1. The van der Waals surface area contributed by atoms with Crippen LogP contribution in [0.5, 0.6) is 0 Å². The van der Waals surface area contributed by atoms with Crippen molar-refractivity contribution in [1.82, 2.24) is 0 Å². The highest BCUT2D eigenvalue weighted by Gasteiger charge is 2.33. The van der Waals surface area contributed by atoms with Crippen LogP contribution in [0.1, 0.15) is 60.3 Å². The molecular formula is C26H37BO12. The molecule has 0 fully saturated rings. The summed E-state index contributed by atoms with van der Waals surface area (Å²) in [6, 6.07) is 0. The molecule has 1 unspecified atom stereocenters. The van der Waals surface area contributed by atoms with Crippen LogP contribution in [0.15, 0.2) is 24.3 Å². The Balaban J connectivity index is 4.33. The largest absolute Gasteiger partial charge is 0.468 e. The number of carbonyl (C=O) groups excluding carboxylic acids is 6. The van der Waals surface area contributed by atoms with E-state index in [1.54, 1.807) is 0 Å². The summed E-state index contributed by atoms with van der Waals surface area (Å²) in [5, 5.41) is 0. The van der Waals surface area contributed by atoms with Crippen molar-refractivity contribution in [2.24, 2.45) is 0 Å². The quantitative estimate of drug-likeness (QED) is 0.0752. The van der Waals surface area contributed by atoms with Crippen molar-refractivity contribution < 1.29 is 57.2 Å². The second kappa shape index (κ2) is 17.2. The number of carbonyl (C=O) groups is 6. The molecule has 0 amide bonds. The van der Waals surface area contributed by atoms with Gasteiger partial charge >= 0.3 is 29.8 Å². The summed E-state index contributed by atoms with van der Waals surface area (Å²) in [6.07, 6.45) is -1.02. The second-order valence-corrected chi connectivity index (χ2v) is 9.28. The number of hydrogen-bond donors (Lipinski definition) is 0. The van der Waals surface area contributed by atoms with Gasteiger partial charge in [-0.25, -0.2) is 9.59 Å². The zero-order valence-corrected chi connectivity index (χ0v) is 23.3. The fraction of sp³-hybridized carbons (Fsp3) is 0.615. The van der Waals surface area contributed by atoms with E-state index < -0.39 is 46.7 Å². The van der Waals surface area contributed by atoms with Gasteiger partial charge in [-0.05, 0) is 34.6 Å². The molecule has 0 bridgehead atoms. The van der Waals surface area contributed by atoms with Crippen LogP contribution in [-0.2, 0) is 57.2 Å². The van der Waals surface area contributed by atoms with Gasteiger partial charge in [0.05, 0.1) is 31.4 Å². The van der Waals surface area contributed by atoms with Crippen LogP contribution >= 0.6 is 0 Å². The zero-order valence-electron chi connectivity index (χ0n) is 23.3. The topological polar surface area (TPSA) is 158 Å². The molecule has 0 N–H and O–H groups in total. The van der Waals surface area contributed by atoms with Crippen LogP contribution in [0, 0.1) is 0 Å². The molecule has 0 aliphatic heterocycles. The van der Waals surface area contributed by atoms with Crippen LogP contribution in [0.3, 0.4) is 0 Å². The van der Waals surface area contributed by atoms with Gasteiger partial charge in [-0.3, -0.25) is 19.2 Å². The van der Waals surface area contributed by atoms with Crippen LogP contribution in [0.4, 0.5) is 0 Å². The summed E-state index contributed by atoms with van der Waals surface area (Å²) in [5.41, 5.74) is -2.55.